The predicted octanol–water partition coefficient (Wildman–Crippen LogP) is 2.26. The smallest absolute Gasteiger partial charge is 0.226 e. The third-order valence-corrected chi connectivity index (χ3v) is 3.21. The second kappa shape index (κ2) is 5.88. The molecule has 0 saturated carbocycles. The Hall–Kier alpha value is -2.47. The largest absolute Gasteiger partial charge is 0.339 e. The summed E-state index contributed by atoms with van der Waals surface area (Å²) in [4.78, 5) is 4.32. The molecule has 6 nitrogen and oxygen atoms in total. The van der Waals surface area contributed by atoms with Gasteiger partial charge in [0, 0.05) is 18.2 Å². The summed E-state index contributed by atoms with van der Waals surface area (Å²) in [5, 5.41) is 8.27. The van der Waals surface area contributed by atoms with Crippen LogP contribution in [0.25, 0.3) is 5.69 Å². The van der Waals surface area contributed by atoms with Gasteiger partial charge in [0.05, 0.1) is 17.9 Å². The van der Waals surface area contributed by atoms with E-state index in [1.165, 1.54) is 0 Å². The molecule has 0 aliphatic rings. The molecule has 3 rings (SSSR count). The SMILES string of the molecule is CCCc1nc(C(N)c2cnn(-c3ccccc3)c2)no1. The molecule has 2 heterocycles. The van der Waals surface area contributed by atoms with Crippen molar-refractivity contribution >= 4 is 0 Å². The number of nitrogens with zero attached hydrogens (tertiary/aromatic N) is 4. The Morgan fingerprint density at radius 3 is 2.86 bits per heavy atom. The minimum absolute atomic E-state index is 0.434. The van der Waals surface area contributed by atoms with Gasteiger partial charge in [0.25, 0.3) is 0 Å². The Labute approximate surface area is 122 Å². The van der Waals surface area contributed by atoms with Gasteiger partial charge in [-0.3, -0.25) is 0 Å². The van der Waals surface area contributed by atoms with Crippen LogP contribution in [-0.2, 0) is 6.42 Å². The summed E-state index contributed by atoms with van der Waals surface area (Å²) in [5.41, 5.74) is 8.01. The van der Waals surface area contributed by atoms with E-state index in [0.29, 0.717) is 11.7 Å². The monoisotopic (exact) mass is 283 g/mol. The van der Waals surface area contributed by atoms with Gasteiger partial charge in [-0.2, -0.15) is 10.1 Å². The lowest BCUT2D eigenvalue weighted by Crippen LogP contribution is -2.13. The predicted molar refractivity (Wildman–Crippen MR) is 77.9 cm³/mol. The minimum atomic E-state index is -0.434. The topological polar surface area (TPSA) is 82.8 Å². The lowest BCUT2D eigenvalue weighted by molar-refractivity contribution is 0.370. The molecule has 6 heteroatoms. The Kier molecular flexibility index (Phi) is 3.79. The van der Waals surface area contributed by atoms with E-state index in [2.05, 4.69) is 22.2 Å². The lowest BCUT2D eigenvalue weighted by atomic mass is 10.1. The van der Waals surface area contributed by atoms with Crippen molar-refractivity contribution in [3.05, 3.63) is 60.0 Å². The van der Waals surface area contributed by atoms with Crippen molar-refractivity contribution in [3.8, 4) is 5.69 Å². The van der Waals surface area contributed by atoms with Gasteiger partial charge in [-0.1, -0.05) is 30.3 Å². The van der Waals surface area contributed by atoms with Crippen LogP contribution in [0.2, 0.25) is 0 Å². The van der Waals surface area contributed by atoms with Gasteiger partial charge < -0.3 is 10.3 Å². The van der Waals surface area contributed by atoms with Crippen molar-refractivity contribution in [1.82, 2.24) is 19.9 Å². The molecule has 3 aromatic rings. The number of aromatic nitrogens is 4. The molecule has 0 amide bonds. The van der Waals surface area contributed by atoms with E-state index in [-0.39, 0.29) is 0 Å². The Balaban J connectivity index is 1.82. The molecule has 0 aliphatic heterocycles. The van der Waals surface area contributed by atoms with Crippen LogP contribution in [0.4, 0.5) is 0 Å². The zero-order chi connectivity index (χ0) is 14.7. The van der Waals surface area contributed by atoms with Gasteiger partial charge in [0.1, 0.15) is 0 Å². The summed E-state index contributed by atoms with van der Waals surface area (Å²) < 4.78 is 6.95. The highest BCUT2D eigenvalue weighted by atomic mass is 16.5. The zero-order valence-corrected chi connectivity index (χ0v) is 11.8. The molecule has 0 radical (unpaired) electrons. The third-order valence-electron chi connectivity index (χ3n) is 3.21. The maximum absolute atomic E-state index is 6.18. The Morgan fingerprint density at radius 1 is 1.29 bits per heavy atom. The normalized spacial score (nSPS) is 12.5. The van der Waals surface area contributed by atoms with Crippen molar-refractivity contribution < 1.29 is 4.52 Å². The molecular weight excluding hydrogens is 266 g/mol. The van der Waals surface area contributed by atoms with Crippen LogP contribution in [0.5, 0.6) is 0 Å². The number of para-hydroxylation sites is 1. The standard InChI is InChI=1S/C15H17N5O/c1-2-6-13-18-15(19-21-13)14(16)11-9-17-20(10-11)12-7-4-3-5-8-12/h3-5,7-10,14H,2,6,16H2,1H3. The first kappa shape index (κ1) is 13.5. The summed E-state index contributed by atoms with van der Waals surface area (Å²) in [6.07, 6.45) is 5.34. The second-order valence-electron chi connectivity index (χ2n) is 4.83. The summed E-state index contributed by atoms with van der Waals surface area (Å²) >= 11 is 0. The van der Waals surface area contributed by atoms with Crippen molar-refractivity contribution in [3.63, 3.8) is 0 Å². The molecule has 1 aromatic carbocycles. The Bertz CT molecular complexity index is 704. The average Bonchev–Trinajstić information content (AvgIpc) is 3.17. The number of benzene rings is 1. The van der Waals surface area contributed by atoms with Crippen LogP contribution in [0.15, 0.2) is 47.2 Å². The Morgan fingerprint density at radius 2 is 2.10 bits per heavy atom. The fourth-order valence-corrected chi connectivity index (χ4v) is 2.08. The summed E-state index contributed by atoms with van der Waals surface area (Å²) in [5.74, 6) is 1.12. The number of hydrogen-bond donors (Lipinski definition) is 1. The van der Waals surface area contributed by atoms with Gasteiger partial charge >= 0.3 is 0 Å². The summed E-state index contributed by atoms with van der Waals surface area (Å²) in [7, 11) is 0. The molecule has 21 heavy (non-hydrogen) atoms. The number of aryl methyl sites for hydroxylation is 1. The first-order valence-electron chi connectivity index (χ1n) is 6.96. The molecule has 1 unspecified atom stereocenters. The number of hydrogen-bond acceptors (Lipinski definition) is 5. The maximum Gasteiger partial charge on any atom is 0.226 e. The molecule has 0 fully saturated rings. The van der Waals surface area contributed by atoms with Gasteiger partial charge in [-0.25, -0.2) is 4.68 Å². The highest BCUT2D eigenvalue weighted by molar-refractivity contribution is 5.32. The average molecular weight is 283 g/mol. The van der Waals surface area contributed by atoms with E-state index < -0.39 is 6.04 Å². The molecule has 1 atom stereocenters. The second-order valence-corrected chi connectivity index (χ2v) is 4.83. The first-order chi connectivity index (χ1) is 10.3. The van der Waals surface area contributed by atoms with Gasteiger partial charge in [-0.05, 0) is 18.6 Å². The van der Waals surface area contributed by atoms with Gasteiger partial charge in [0.2, 0.25) is 5.89 Å². The summed E-state index contributed by atoms with van der Waals surface area (Å²) in [6.45, 7) is 2.06. The van der Waals surface area contributed by atoms with E-state index >= 15 is 0 Å². The van der Waals surface area contributed by atoms with Crippen LogP contribution < -0.4 is 5.73 Å². The molecule has 2 N–H and O–H groups in total. The molecule has 0 saturated heterocycles. The zero-order valence-electron chi connectivity index (χ0n) is 11.8. The number of nitrogens with two attached hydrogens (primary N) is 1. The number of rotatable bonds is 5. The van der Waals surface area contributed by atoms with Crippen molar-refractivity contribution in [2.75, 3.05) is 0 Å². The van der Waals surface area contributed by atoms with Crippen LogP contribution in [0.3, 0.4) is 0 Å². The molecule has 2 aromatic heterocycles. The molecular formula is C15H17N5O. The quantitative estimate of drug-likeness (QED) is 0.776. The molecule has 0 aliphatic carbocycles. The van der Waals surface area contributed by atoms with Crippen LogP contribution in [0, 0.1) is 0 Å². The van der Waals surface area contributed by atoms with E-state index in [4.69, 9.17) is 10.3 Å². The molecule has 108 valence electrons. The van der Waals surface area contributed by atoms with E-state index in [9.17, 15) is 0 Å². The highest BCUT2D eigenvalue weighted by Crippen LogP contribution is 2.18. The van der Waals surface area contributed by atoms with E-state index in [1.54, 1.807) is 10.9 Å². The summed E-state index contributed by atoms with van der Waals surface area (Å²) in [6, 6.07) is 9.43. The first-order valence-corrected chi connectivity index (χ1v) is 6.96. The lowest BCUT2D eigenvalue weighted by Gasteiger charge is -2.03. The highest BCUT2D eigenvalue weighted by Gasteiger charge is 2.17. The van der Waals surface area contributed by atoms with Crippen molar-refractivity contribution in [2.45, 2.75) is 25.8 Å². The molecule has 0 spiro atoms. The van der Waals surface area contributed by atoms with E-state index in [0.717, 1.165) is 24.1 Å². The van der Waals surface area contributed by atoms with Crippen LogP contribution in [0.1, 0.15) is 36.7 Å². The van der Waals surface area contributed by atoms with Crippen LogP contribution >= 0.6 is 0 Å². The van der Waals surface area contributed by atoms with Crippen LogP contribution in [-0.4, -0.2) is 19.9 Å². The van der Waals surface area contributed by atoms with Gasteiger partial charge in [-0.15, -0.1) is 0 Å². The van der Waals surface area contributed by atoms with Crippen molar-refractivity contribution in [2.24, 2.45) is 5.73 Å². The third kappa shape index (κ3) is 2.85. The van der Waals surface area contributed by atoms with Crippen molar-refractivity contribution in [1.29, 1.82) is 0 Å². The fraction of sp³-hybridized carbons (Fsp3) is 0.267. The maximum atomic E-state index is 6.18. The van der Waals surface area contributed by atoms with Gasteiger partial charge in [0.15, 0.2) is 5.82 Å². The molecule has 0 bridgehead atoms. The fourth-order valence-electron chi connectivity index (χ4n) is 2.08. The van der Waals surface area contributed by atoms with E-state index in [1.807, 2.05) is 36.5 Å². The minimum Gasteiger partial charge on any atom is -0.339 e.